The van der Waals surface area contributed by atoms with Crippen LogP contribution in [0.4, 0.5) is 18.9 Å². The first kappa shape index (κ1) is 18.9. The van der Waals surface area contributed by atoms with Gasteiger partial charge in [0.05, 0.1) is 11.6 Å². The van der Waals surface area contributed by atoms with Crippen molar-refractivity contribution in [3.63, 3.8) is 0 Å². The molecule has 1 aliphatic carbocycles. The SMILES string of the molecule is O=C(COc1ccccc1C(F)(F)F)Nc1cccc(-c2nnnn2C2CC2)c1. The number of anilines is 1. The normalized spacial score (nSPS) is 13.9. The molecule has 1 heterocycles. The Morgan fingerprint density at radius 2 is 1.97 bits per heavy atom. The minimum absolute atomic E-state index is 0.292. The van der Waals surface area contributed by atoms with Crippen LogP contribution >= 0.6 is 0 Å². The van der Waals surface area contributed by atoms with Crippen molar-refractivity contribution in [1.29, 1.82) is 0 Å². The number of ether oxygens (including phenoxy) is 1. The van der Waals surface area contributed by atoms with Gasteiger partial charge in [0.25, 0.3) is 5.91 Å². The number of rotatable bonds is 6. The minimum atomic E-state index is -4.56. The van der Waals surface area contributed by atoms with Gasteiger partial charge in [-0.05, 0) is 47.5 Å². The summed E-state index contributed by atoms with van der Waals surface area (Å²) in [4.78, 5) is 12.2. The van der Waals surface area contributed by atoms with Crippen molar-refractivity contribution in [3.05, 3.63) is 54.1 Å². The number of hydrogen-bond donors (Lipinski definition) is 1. The molecule has 0 radical (unpaired) electrons. The number of hydrogen-bond acceptors (Lipinski definition) is 5. The van der Waals surface area contributed by atoms with E-state index in [0.29, 0.717) is 17.6 Å². The van der Waals surface area contributed by atoms with Gasteiger partial charge in [0, 0.05) is 11.3 Å². The van der Waals surface area contributed by atoms with Crippen molar-refractivity contribution >= 4 is 11.6 Å². The van der Waals surface area contributed by atoms with Crippen LogP contribution in [0.3, 0.4) is 0 Å². The lowest BCUT2D eigenvalue weighted by molar-refractivity contribution is -0.139. The van der Waals surface area contributed by atoms with Gasteiger partial charge in [-0.15, -0.1) is 5.10 Å². The highest BCUT2D eigenvalue weighted by Gasteiger charge is 2.34. The number of nitrogens with zero attached hydrogens (tertiary/aromatic N) is 4. The summed E-state index contributed by atoms with van der Waals surface area (Å²) >= 11 is 0. The van der Waals surface area contributed by atoms with E-state index in [1.807, 2.05) is 6.07 Å². The summed E-state index contributed by atoms with van der Waals surface area (Å²) in [6.45, 7) is -0.558. The summed E-state index contributed by atoms with van der Waals surface area (Å²) in [5.41, 5.74) is 0.260. The number of benzene rings is 2. The third kappa shape index (κ3) is 4.36. The van der Waals surface area contributed by atoms with E-state index in [1.165, 1.54) is 18.2 Å². The quantitative estimate of drug-likeness (QED) is 0.679. The zero-order chi connectivity index (χ0) is 20.4. The Morgan fingerprint density at radius 3 is 2.72 bits per heavy atom. The molecular formula is C19H16F3N5O2. The largest absolute Gasteiger partial charge is 0.483 e. The molecule has 1 saturated carbocycles. The summed E-state index contributed by atoms with van der Waals surface area (Å²) < 4.78 is 45.8. The third-order valence-electron chi connectivity index (χ3n) is 4.34. The van der Waals surface area contributed by atoms with Crippen molar-refractivity contribution in [3.8, 4) is 17.1 Å². The Labute approximate surface area is 163 Å². The average Bonchev–Trinajstić information content (AvgIpc) is 3.42. The summed E-state index contributed by atoms with van der Waals surface area (Å²) in [6.07, 6.45) is -2.52. The minimum Gasteiger partial charge on any atom is -0.483 e. The predicted molar refractivity (Wildman–Crippen MR) is 97.1 cm³/mol. The van der Waals surface area contributed by atoms with Crippen LogP contribution in [0.2, 0.25) is 0 Å². The maximum atomic E-state index is 13.0. The molecule has 4 rings (SSSR count). The Kier molecular flexibility index (Phi) is 4.91. The Balaban J connectivity index is 1.43. The maximum absolute atomic E-state index is 13.0. The number of halogens is 3. The molecule has 0 spiro atoms. The zero-order valence-electron chi connectivity index (χ0n) is 15.1. The van der Waals surface area contributed by atoms with Crippen LogP contribution in [0.5, 0.6) is 5.75 Å². The van der Waals surface area contributed by atoms with Gasteiger partial charge in [-0.1, -0.05) is 24.3 Å². The first-order valence-electron chi connectivity index (χ1n) is 8.89. The second kappa shape index (κ2) is 7.53. The lowest BCUT2D eigenvalue weighted by atomic mass is 10.2. The molecule has 29 heavy (non-hydrogen) atoms. The van der Waals surface area contributed by atoms with Gasteiger partial charge in [-0.2, -0.15) is 13.2 Å². The average molecular weight is 403 g/mol. The van der Waals surface area contributed by atoms with Crippen LogP contribution < -0.4 is 10.1 Å². The number of para-hydroxylation sites is 1. The molecule has 0 atom stereocenters. The number of tetrazole rings is 1. The summed E-state index contributed by atoms with van der Waals surface area (Å²) in [7, 11) is 0. The fraction of sp³-hybridized carbons (Fsp3) is 0.263. The number of carbonyl (C=O) groups excluding carboxylic acids is 1. The first-order chi connectivity index (χ1) is 13.9. The standard InChI is InChI=1S/C19H16F3N5O2/c20-19(21,22)15-6-1-2-7-16(15)29-11-17(28)23-13-5-3-4-12(10-13)18-24-25-26-27(18)14-8-9-14/h1-7,10,14H,8-9,11H2,(H,23,28). The molecule has 0 bridgehead atoms. The van der Waals surface area contributed by atoms with E-state index in [0.717, 1.165) is 24.5 Å². The smallest absolute Gasteiger partial charge is 0.419 e. The lowest BCUT2D eigenvalue weighted by Gasteiger charge is -2.13. The van der Waals surface area contributed by atoms with Crippen LogP contribution in [0.15, 0.2) is 48.5 Å². The van der Waals surface area contributed by atoms with Gasteiger partial charge >= 0.3 is 6.18 Å². The molecule has 10 heteroatoms. The van der Waals surface area contributed by atoms with Crippen LogP contribution in [0, 0.1) is 0 Å². The number of alkyl halides is 3. The van der Waals surface area contributed by atoms with Gasteiger partial charge in [-0.25, -0.2) is 4.68 Å². The van der Waals surface area contributed by atoms with Gasteiger partial charge in [0.15, 0.2) is 12.4 Å². The van der Waals surface area contributed by atoms with Crippen LogP contribution in [0.1, 0.15) is 24.4 Å². The molecule has 0 saturated heterocycles. The van der Waals surface area contributed by atoms with Crippen molar-refractivity contribution < 1.29 is 22.7 Å². The molecule has 1 fully saturated rings. The topological polar surface area (TPSA) is 81.9 Å². The van der Waals surface area contributed by atoms with Crippen LogP contribution in [-0.2, 0) is 11.0 Å². The van der Waals surface area contributed by atoms with Gasteiger partial charge in [-0.3, -0.25) is 4.79 Å². The van der Waals surface area contributed by atoms with Crippen LogP contribution in [0.25, 0.3) is 11.4 Å². The number of nitrogens with one attached hydrogen (secondary N) is 1. The molecule has 2 aromatic carbocycles. The summed E-state index contributed by atoms with van der Waals surface area (Å²) in [5, 5.41) is 14.3. The van der Waals surface area contributed by atoms with Gasteiger partial charge in [0.2, 0.25) is 0 Å². The molecule has 0 unspecified atom stereocenters. The fourth-order valence-corrected chi connectivity index (χ4v) is 2.85. The highest BCUT2D eigenvalue weighted by Crippen LogP contribution is 2.37. The second-order valence-electron chi connectivity index (χ2n) is 6.59. The molecule has 3 aromatic rings. The van der Waals surface area contributed by atoms with Crippen molar-refractivity contribution in [2.45, 2.75) is 25.1 Å². The highest BCUT2D eigenvalue weighted by atomic mass is 19.4. The number of carbonyl (C=O) groups is 1. The van der Waals surface area contributed by atoms with E-state index in [4.69, 9.17) is 4.74 Å². The summed E-state index contributed by atoms with van der Waals surface area (Å²) in [5.74, 6) is -0.382. The first-order valence-corrected chi connectivity index (χ1v) is 8.89. The molecule has 1 N–H and O–H groups in total. The molecule has 1 aromatic heterocycles. The van der Waals surface area contributed by atoms with E-state index in [-0.39, 0.29) is 0 Å². The van der Waals surface area contributed by atoms with E-state index in [9.17, 15) is 18.0 Å². The third-order valence-corrected chi connectivity index (χ3v) is 4.34. The summed E-state index contributed by atoms with van der Waals surface area (Å²) in [6, 6.07) is 12.0. The number of aromatic nitrogens is 4. The molecule has 7 nitrogen and oxygen atoms in total. The maximum Gasteiger partial charge on any atom is 0.419 e. The van der Waals surface area contributed by atoms with Crippen LogP contribution in [-0.4, -0.2) is 32.7 Å². The fourth-order valence-electron chi connectivity index (χ4n) is 2.85. The van der Waals surface area contributed by atoms with Crippen molar-refractivity contribution in [1.82, 2.24) is 20.2 Å². The molecule has 150 valence electrons. The second-order valence-corrected chi connectivity index (χ2v) is 6.59. The molecular weight excluding hydrogens is 387 g/mol. The van der Waals surface area contributed by atoms with E-state index < -0.39 is 30.0 Å². The van der Waals surface area contributed by atoms with E-state index in [2.05, 4.69) is 20.8 Å². The van der Waals surface area contributed by atoms with Crippen molar-refractivity contribution in [2.24, 2.45) is 0 Å². The Morgan fingerprint density at radius 1 is 1.17 bits per heavy atom. The monoisotopic (exact) mass is 403 g/mol. The van der Waals surface area contributed by atoms with Gasteiger partial charge in [0.1, 0.15) is 5.75 Å². The van der Waals surface area contributed by atoms with Crippen molar-refractivity contribution in [2.75, 3.05) is 11.9 Å². The predicted octanol–water partition coefficient (Wildman–Crippen LogP) is 3.71. The number of amides is 1. The highest BCUT2D eigenvalue weighted by molar-refractivity contribution is 5.92. The van der Waals surface area contributed by atoms with Gasteiger partial charge < -0.3 is 10.1 Å². The molecule has 0 aliphatic heterocycles. The zero-order valence-corrected chi connectivity index (χ0v) is 15.1. The van der Waals surface area contributed by atoms with E-state index in [1.54, 1.807) is 22.9 Å². The lowest BCUT2D eigenvalue weighted by Crippen LogP contribution is -2.21. The molecule has 1 aliphatic rings. The molecule has 1 amide bonds. The van der Waals surface area contributed by atoms with E-state index >= 15 is 0 Å². The Bertz CT molecular complexity index is 1030. The Hall–Kier alpha value is -3.43.